The fourth-order valence-corrected chi connectivity index (χ4v) is 4.76. The van der Waals surface area contributed by atoms with Gasteiger partial charge in [-0.05, 0) is 31.5 Å². The lowest BCUT2D eigenvalue weighted by atomic mass is 9.81. The van der Waals surface area contributed by atoms with Gasteiger partial charge in [0, 0.05) is 19.5 Å². The third-order valence-corrected chi connectivity index (χ3v) is 6.42. The summed E-state index contributed by atoms with van der Waals surface area (Å²) in [6.45, 7) is 6.73. The highest BCUT2D eigenvalue weighted by Crippen LogP contribution is 2.37. The lowest BCUT2D eigenvalue weighted by Gasteiger charge is -2.30. The van der Waals surface area contributed by atoms with Crippen LogP contribution in [0.2, 0.25) is 0 Å². The highest BCUT2D eigenvalue weighted by atomic mass is 16.2. The van der Waals surface area contributed by atoms with E-state index in [1.807, 2.05) is 18.2 Å². The second-order valence-corrected chi connectivity index (χ2v) is 8.03. The molecular formula is C23H33N3O3. The van der Waals surface area contributed by atoms with Crippen molar-refractivity contribution in [1.82, 2.24) is 15.1 Å². The van der Waals surface area contributed by atoms with Gasteiger partial charge in [0.05, 0.1) is 17.9 Å². The lowest BCUT2D eigenvalue weighted by Crippen LogP contribution is -2.40. The van der Waals surface area contributed by atoms with Gasteiger partial charge in [0.2, 0.25) is 17.7 Å². The third-order valence-electron chi connectivity index (χ3n) is 6.42. The summed E-state index contributed by atoms with van der Waals surface area (Å²) >= 11 is 0. The first-order valence-electron chi connectivity index (χ1n) is 11.0. The monoisotopic (exact) mass is 399 g/mol. The number of imide groups is 1. The normalized spacial score (nSPS) is 22.7. The minimum atomic E-state index is -0.149. The van der Waals surface area contributed by atoms with E-state index < -0.39 is 0 Å². The first-order valence-corrected chi connectivity index (χ1v) is 11.0. The smallest absolute Gasteiger partial charge is 0.233 e. The van der Waals surface area contributed by atoms with Crippen LogP contribution in [0.5, 0.6) is 0 Å². The highest BCUT2D eigenvalue weighted by Gasteiger charge is 2.47. The van der Waals surface area contributed by atoms with Crippen molar-refractivity contribution in [2.75, 3.05) is 26.2 Å². The quantitative estimate of drug-likeness (QED) is 0.648. The van der Waals surface area contributed by atoms with Crippen LogP contribution in [0.3, 0.4) is 0 Å². The van der Waals surface area contributed by atoms with Gasteiger partial charge in [-0.1, -0.05) is 57.0 Å². The number of hydrogen-bond donors (Lipinski definition) is 1. The van der Waals surface area contributed by atoms with E-state index in [1.54, 1.807) is 0 Å². The van der Waals surface area contributed by atoms with E-state index in [0.29, 0.717) is 6.54 Å². The van der Waals surface area contributed by atoms with E-state index in [2.05, 4.69) is 36.2 Å². The number of rotatable bonds is 9. The zero-order valence-electron chi connectivity index (χ0n) is 17.6. The highest BCUT2D eigenvalue weighted by molar-refractivity contribution is 6.05. The van der Waals surface area contributed by atoms with Crippen molar-refractivity contribution < 1.29 is 14.4 Å². The topological polar surface area (TPSA) is 69.7 Å². The van der Waals surface area contributed by atoms with E-state index >= 15 is 0 Å². The van der Waals surface area contributed by atoms with Crippen molar-refractivity contribution in [2.45, 2.75) is 52.0 Å². The van der Waals surface area contributed by atoms with E-state index in [-0.39, 0.29) is 48.6 Å². The van der Waals surface area contributed by atoms with Gasteiger partial charge in [0.1, 0.15) is 0 Å². The number of carbonyl (C=O) groups excluding carboxylic acids is 3. The molecule has 0 bridgehead atoms. The molecular weight excluding hydrogens is 366 g/mol. The van der Waals surface area contributed by atoms with E-state index in [4.69, 9.17) is 0 Å². The number of benzene rings is 1. The SMILES string of the molecule is CCN(CC)[C@H](CNC(=O)CCN1C(=O)[C@H]2CCCC[C@H]2C1=O)c1ccccc1. The molecule has 2 fully saturated rings. The Balaban J connectivity index is 1.54. The molecule has 0 aromatic heterocycles. The van der Waals surface area contributed by atoms with Crippen LogP contribution in [0.4, 0.5) is 0 Å². The van der Waals surface area contributed by atoms with Crippen molar-refractivity contribution >= 4 is 17.7 Å². The second kappa shape index (κ2) is 10.0. The predicted octanol–water partition coefficient (Wildman–Crippen LogP) is 2.75. The number of fused-ring (bicyclic) bond motifs is 1. The molecule has 1 aliphatic heterocycles. The van der Waals surface area contributed by atoms with Crippen molar-refractivity contribution in [3.63, 3.8) is 0 Å². The van der Waals surface area contributed by atoms with Crippen LogP contribution in [-0.2, 0) is 14.4 Å². The molecule has 0 spiro atoms. The molecule has 2 aliphatic rings. The minimum Gasteiger partial charge on any atom is -0.354 e. The molecule has 29 heavy (non-hydrogen) atoms. The molecule has 6 heteroatoms. The zero-order valence-corrected chi connectivity index (χ0v) is 17.6. The molecule has 0 unspecified atom stereocenters. The maximum Gasteiger partial charge on any atom is 0.233 e. The van der Waals surface area contributed by atoms with Crippen molar-refractivity contribution in [3.05, 3.63) is 35.9 Å². The molecule has 0 radical (unpaired) electrons. The van der Waals surface area contributed by atoms with Crippen molar-refractivity contribution in [3.8, 4) is 0 Å². The van der Waals surface area contributed by atoms with Crippen molar-refractivity contribution in [1.29, 1.82) is 0 Å². The third kappa shape index (κ3) is 4.86. The number of carbonyl (C=O) groups is 3. The average Bonchev–Trinajstić information content (AvgIpc) is 3.00. The summed E-state index contributed by atoms with van der Waals surface area (Å²) in [6.07, 6.45) is 3.80. The predicted molar refractivity (Wildman–Crippen MR) is 112 cm³/mol. The molecule has 1 aromatic carbocycles. The molecule has 1 N–H and O–H groups in total. The Morgan fingerprint density at radius 2 is 1.66 bits per heavy atom. The second-order valence-electron chi connectivity index (χ2n) is 8.03. The molecule has 1 heterocycles. The number of nitrogens with one attached hydrogen (secondary N) is 1. The summed E-state index contributed by atoms with van der Waals surface area (Å²) in [5, 5.41) is 3.02. The van der Waals surface area contributed by atoms with E-state index in [0.717, 1.165) is 38.8 Å². The van der Waals surface area contributed by atoms with Crippen LogP contribution < -0.4 is 5.32 Å². The molecule has 1 saturated heterocycles. The molecule has 3 amide bonds. The Morgan fingerprint density at radius 1 is 1.07 bits per heavy atom. The number of nitrogens with zero attached hydrogens (tertiary/aromatic N) is 2. The van der Waals surface area contributed by atoms with Gasteiger partial charge in [-0.15, -0.1) is 0 Å². The van der Waals surface area contributed by atoms with Gasteiger partial charge in [0.25, 0.3) is 0 Å². The molecule has 3 rings (SSSR count). The summed E-state index contributed by atoms with van der Waals surface area (Å²) in [4.78, 5) is 41.2. The molecule has 6 nitrogen and oxygen atoms in total. The van der Waals surface area contributed by atoms with Gasteiger partial charge in [-0.25, -0.2) is 0 Å². The van der Waals surface area contributed by atoms with Gasteiger partial charge in [-0.3, -0.25) is 24.2 Å². The van der Waals surface area contributed by atoms with Crippen LogP contribution in [-0.4, -0.2) is 53.7 Å². The fourth-order valence-electron chi connectivity index (χ4n) is 4.76. The summed E-state index contributed by atoms with van der Waals surface area (Å²) < 4.78 is 0. The number of likely N-dealkylation sites (tertiary alicyclic amines) is 1. The molecule has 3 atom stereocenters. The Hall–Kier alpha value is -2.21. The lowest BCUT2D eigenvalue weighted by molar-refractivity contribution is -0.140. The summed E-state index contributed by atoms with van der Waals surface area (Å²) in [5.74, 6) is -0.557. The number of likely N-dealkylation sites (N-methyl/N-ethyl adjacent to an activating group) is 1. The van der Waals surface area contributed by atoms with Crippen LogP contribution in [0, 0.1) is 11.8 Å². The summed E-state index contributed by atoms with van der Waals surface area (Å²) in [5.41, 5.74) is 1.17. The Morgan fingerprint density at radius 3 is 2.21 bits per heavy atom. The molecule has 158 valence electrons. The Kier molecular flexibility index (Phi) is 7.42. The first kappa shape index (κ1) is 21.5. The Bertz CT molecular complexity index is 693. The van der Waals surface area contributed by atoms with Crippen LogP contribution >= 0.6 is 0 Å². The first-order chi connectivity index (χ1) is 14.1. The van der Waals surface area contributed by atoms with Gasteiger partial charge >= 0.3 is 0 Å². The van der Waals surface area contributed by atoms with Gasteiger partial charge in [-0.2, -0.15) is 0 Å². The van der Waals surface area contributed by atoms with Crippen LogP contribution in [0.15, 0.2) is 30.3 Å². The standard InChI is InChI=1S/C23H33N3O3/c1-3-25(4-2)20(17-10-6-5-7-11-17)16-24-21(27)14-15-26-22(28)18-12-8-9-13-19(18)23(26)29/h5-7,10-11,18-20H,3-4,8-9,12-16H2,1-2H3,(H,24,27)/t18-,19+,20-/m1/s1. The zero-order chi connectivity index (χ0) is 20.8. The molecule has 1 aliphatic carbocycles. The van der Waals surface area contributed by atoms with Crippen LogP contribution in [0.1, 0.15) is 57.6 Å². The fraction of sp³-hybridized carbons (Fsp3) is 0.609. The number of hydrogen-bond acceptors (Lipinski definition) is 4. The van der Waals surface area contributed by atoms with Gasteiger partial charge < -0.3 is 5.32 Å². The van der Waals surface area contributed by atoms with Gasteiger partial charge in [0.15, 0.2) is 0 Å². The van der Waals surface area contributed by atoms with E-state index in [1.165, 1.54) is 10.5 Å². The maximum atomic E-state index is 12.5. The molecule has 1 saturated carbocycles. The van der Waals surface area contributed by atoms with Crippen LogP contribution in [0.25, 0.3) is 0 Å². The minimum absolute atomic E-state index is 0.0715. The average molecular weight is 400 g/mol. The summed E-state index contributed by atoms with van der Waals surface area (Å²) in [7, 11) is 0. The molecule has 1 aromatic rings. The van der Waals surface area contributed by atoms with E-state index in [9.17, 15) is 14.4 Å². The Labute approximate surface area is 173 Å². The van der Waals surface area contributed by atoms with Crippen molar-refractivity contribution in [2.24, 2.45) is 11.8 Å². The maximum absolute atomic E-state index is 12.5. The summed E-state index contributed by atoms with van der Waals surface area (Å²) in [6, 6.07) is 10.3. The largest absolute Gasteiger partial charge is 0.354 e. The number of amides is 3.